The number of benzene rings is 1. The van der Waals surface area contributed by atoms with Crippen LogP contribution < -0.4 is 11.1 Å². The van der Waals surface area contributed by atoms with E-state index in [1.807, 2.05) is 0 Å². The first-order chi connectivity index (χ1) is 7.26. The van der Waals surface area contributed by atoms with Gasteiger partial charge in [-0.15, -0.1) is 0 Å². The highest BCUT2D eigenvalue weighted by molar-refractivity contribution is 7.90. The van der Waals surface area contributed by atoms with Gasteiger partial charge in [-0.1, -0.05) is 0 Å². The molecule has 1 atom stereocenters. The molecule has 3 N–H and O–H groups in total. The number of anilines is 2. The summed E-state index contributed by atoms with van der Waals surface area (Å²) < 4.78 is 35.0. The minimum atomic E-state index is -3.05. The predicted molar refractivity (Wildman–Crippen MR) is 63.6 cm³/mol. The third-order valence-electron chi connectivity index (χ3n) is 1.89. The van der Waals surface area contributed by atoms with Gasteiger partial charge in [0.15, 0.2) is 0 Å². The van der Waals surface area contributed by atoms with E-state index < -0.39 is 15.7 Å². The van der Waals surface area contributed by atoms with Crippen LogP contribution in [0, 0.1) is 5.82 Å². The highest BCUT2D eigenvalue weighted by Crippen LogP contribution is 2.16. The summed E-state index contributed by atoms with van der Waals surface area (Å²) in [5.74, 6) is -0.460. The molecule has 1 aromatic carbocycles. The van der Waals surface area contributed by atoms with Crippen LogP contribution in [-0.4, -0.2) is 26.5 Å². The highest BCUT2D eigenvalue weighted by Gasteiger charge is 2.10. The first-order valence-electron chi connectivity index (χ1n) is 4.76. The molecule has 0 aliphatic carbocycles. The molecule has 0 aliphatic heterocycles. The van der Waals surface area contributed by atoms with Crippen LogP contribution in [0.4, 0.5) is 15.8 Å². The van der Waals surface area contributed by atoms with E-state index in [1.54, 1.807) is 13.0 Å². The van der Waals surface area contributed by atoms with Crippen molar-refractivity contribution in [1.82, 2.24) is 0 Å². The van der Waals surface area contributed by atoms with Crippen molar-refractivity contribution >= 4 is 21.2 Å². The third kappa shape index (κ3) is 4.48. The third-order valence-corrected chi connectivity index (χ3v) is 2.99. The number of hydrogen-bond acceptors (Lipinski definition) is 4. The Morgan fingerprint density at radius 1 is 1.44 bits per heavy atom. The molecule has 0 amide bonds. The molecule has 0 bridgehead atoms. The fourth-order valence-electron chi connectivity index (χ4n) is 1.48. The van der Waals surface area contributed by atoms with E-state index in [9.17, 15) is 12.8 Å². The lowest BCUT2D eigenvalue weighted by Crippen LogP contribution is -2.25. The second-order valence-electron chi connectivity index (χ2n) is 3.91. The average Bonchev–Trinajstić information content (AvgIpc) is 1.96. The van der Waals surface area contributed by atoms with Crippen LogP contribution in [0.25, 0.3) is 0 Å². The SMILES string of the molecule is CC(CS(C)(=O)=O)Nc1cc(N)cc(F)c1. The number of sulfone groups is 1. The summed E-state index contributed by atoms with van der Waals surface area (Å²) in [4.78, 5) is 0. The maximum Gasteiger partial charge on any atom is 0.149 e. The Hall–Kier alpha value is -1.30. The largest absolute Gasteiger partial charge is 0.399 e. The van der Waals surface area contributed by atoms with Crippen LogP contribution in [0.15, 0.2) is 18.2 Å². The molecule has 0 fully saturated rings. The number of nitrogens with two attached hydrogens (primary N) is 1. The molecular weight excluding hydrogens is 231 g/mol. The smallest absolute Gasteiger partial charge is 0.149 e. The first kappa shape index (κ1) is 12.8. The van der Waals surface area contributed by atoms with E-state index in [0.29, 0.717) is 11.4 Å². The number of nitrogen functional groups attached to an aromatic ring is 1. The molecule has 16 heavy (non-hydrogen) atoms. The van der Waals surface area contributed by atoms with Gasteiger partial charge in [-0.25, -0.2) is 12.8 Å². The number of rotatable bonds is 4. The molecule has 0 aliphatic rings. The summed E-state index contributed by atoms with van der Waals surface area (Å²) >= 11 is 0. The molecule has 90 valence electrons. The van der Waals surface area contributed by atoms with Gasteiger partial charge in [0.25, 0.3) is 0 Å². The van der Waals surface area contributed by atoms with Crippen molar-refractivity contribution in [3.63, 3.8) is 0 Å². The van der Waals surface area contributed by atoms with Gasteiger partial charge in [0, 0.05) is 23.7 Å². The van der Waals surface area contributed by atoms with Gasteiger partial charge in [-0.05, 0) is 25.1 Å². The highest BCUT2D eigenvalue weighted by atomic mass is 32.2. The molecule has 6 heteroatoms. The second kappa shape index (κ2) is 4.69. The number of nitrogens with one attached hydrogen (secondary N) is 1. The zero-order chi connectivity index (χ0) is 12.3. The van der Waals surface area contributed by atoms with E-state index in [1.165, 1.54) is 12.1 Å². The fraction of sp³-hybridized carbons (Fsp3) is 0.400. The first-order valence-corrected chi connectivity index (χ1v) is 6.82. The molecule has 0 aromatic heterocycles. The normalized spacial score (nSPS) is 13.4. The van der Waals surface area contributed by atoms with Crippen LogP contribution in [0.3, 0.4) is 0 Å². The molecule has 1 rings (SSSR count). The molecule has 0 saturated heterocycles. The number of halogens is 1. The van der Waals surface area contributed by atoms with Crippen LogP contribution in [0.1, 0.15) is 6.92 Å². The summed E-state index contributed by atoms with van der Waals surface area (Å²) in [7, 11) is -3.05. The Morgan fingerprint density at radius 3 is 2.56 bits per heavy atom. The standard InChI is InChI=1S/C10H15FN2O2S/c1-7(6-16(2,14)15)13-10-4-8(11)3-9(12)5-10/h3-5,7,13H,6,12H2,1-2H3. The predicted octanol–water partition coefficient (Wildman–Crippen LogP) is 1.25. The van der Waals surface area contributed by atoms with E-state index in [0.717, 1.165) is 6.26 Å². The molecule has 1 unspecified atom stereocenters. The van der Waals surface area contributed by atoms with E-state index in [2.05, 4.69) is 5.32 Å². The van der Waals surface area contributed by atoms with Crippen molar-refractivity contribution in [3.8, 4) is 0 Å². The Labute approximate surface area is 94.6 Å². The van der Waals surface area contributed by atoms with Crippen molar-refractivity contribution in [2.75, 3.05) is 23.1 Å². The summed E-state index contributed by atoms with van der Waals surface area (Å²) in [6.07, 6.45) is 1.16. The zero-order valence-electron chi connectivity index (χ0n) is 9.20. The van der Waals surface area contributed by atoms with Gasteiger partial charge < -0.3 is 11.1 Å². The summed E-state index contributed by atoms with van der Waals surface area (Å²) in [5, 5.41) is 2.88. The van der Waals surface area contributed by atoms with E-state index in [-0.39, 0.29) is 11.8 Å². The van der Waals surface area contributed by atoms with Crippen molar-refractivity contribution < 1.29 is 12.8 Å². The molecule has 1 aromatic rings. The zero-order valence-corrected chi connectivity index (χ0v) is 10.0. The van der Waals surface area contributed by atoms with Gasteiger partial charge in [-0.2, -0.15) is 0 Å². The van der Waals surface area contributed by atoms with Crippen LogP contribution in [0.5, 0.6) is 0 Å². The lowest BCUT2D eigenvalue weighted by Gasteiger charge is -2.14. The molecular formula is C10H15FN2O2S. The Kier molecular flexibility index (Phi) is 3.74. The molecule has 0 radical (unpaired) electrons. The van der Waals surface area contributed by atoms with Crippen molar-refractivity contribution in [2.45, 2.75) is 13.0 Å². The molecule has 0 saturated carbocycles. The van der Waals surface area contributed by atoms with Gasteiger partial charge in [0.1, 0.15) is 15.7 Å². The Bertz CT molecular complexity index is 453. The van der Waals surface area contributed by atoms with Crippen LogP contribution in [-0.2, 0) is 9.84 Å². The topological polar surface area (TPSA) is 72.2 Å². The summed E-state index contributed by atoms with van der Waals surface area (Å²) in [6, 6.07) is 3.74. The molecule has 0 heterocycles. The quantitative estimate of drug-likeness (QED) is 0.784. The Balaban J connectivity index is 2.73. The maximum atomic E-state index is 13.0. The minimum absolute atomic E-state index is 0.0105. The van der Waals surface area contributed by atoms with Gasteiger partial charge in [-0.3, -0.25) is 0 Å². The second-order valence-corrected chi connectivity index (χ2v) is 6.10. The number of hydrogen-bond donors (Lipinski definition) is 2. The van der Waals surface area contributed by atoms with Crippen LogP contribution in [0.2, 0.25) is 0 Å². The summed E-state index contributed by atoms with van der Waals surface area (Å²) in [5.41, 5.74) is 6.24. The van der Waals surface area contributed by atoms with Crippen molar-refractivity contribution in [2.24, 2.45) is 0 Å². The van der Waals surface area contributed by atoms with Gasteiger partial charge >= 0.3 is 0 Å². The van der Waals surface area contributed by atoms with E-state index >= 15 is 0 Å². The fourth-order valence-corrected chi connectivity index (χ4v) is 2.47. The van der Waals surface area contributed by atoms with Crippen LogP contribution >= 0.6 is 0 Å². The van der Waals surface area contributed by atoms with Gasteiger partial charge in [0.2, 0.25) is 0 Å². The van der Waals surface area contributed by atoms with Crippen molar-refractivity contribution in [3.05, 3.63) is 24.0 Å². The molecule has 4 nitrogen and oxygen atoms in total. The van der Waals surface area contributed by atoms with Gasteiger partial charge in [0.05, 0.1) is 5.75 Å². The molecule has 0 spiro atoms. The average molecular weight is 246 g/mol. The maximum absolute atomic E-state index is 13.0. The summed E-state index contributed by atoms with van der Waals surface area (Å²) in [6.45, 7) is 1.71. The lowest BCUT2D eigenvalue weighted by molar-refractivity contribution is 0.598. The van der Waals surface area contributed by atoms with E-state index in [4.69, 9.17) is 5.73 Å². The minimum Gasteiger partial charge on any atom is -0.399 e. The monoisotopic (exact) mass is 246 g/mol. The Morgan fingerprint density at radius 2 is 2.06 bits per heavy atom. The van der Waals surface area contributed by atoms with Crippen molar-refractivity contribution in [1.29, 1.82) is 0 Å². The lowest BCUT2D eigenvalue weighted by atomic mass is 10.2.